The number of thiophene rings is 1. The summed E-state index contributed by atoms with van der Waals surface area (Å²) in [6, 6.07) is 5.81. The van der Waals surface area contributed by atoms with Crippen molar-refractivity contribution in [3.8, 4) is 5.75 Å². The van der Waals surface area contributed by atoms with Crippen molar-refractivity contribution in [2.75, 3.05) is 12.4 Å². The maximum absolute atomic E-state index is 13.0. The number of carbonyl (C=O) groups is 1. The molecule has 0 fully saturated rings. The maximum Gasteiger partial charge on any atom is 0.271 e. The number of rotatable bonds is 9. The number of nitro benzene ring substituents is 1. The van der Waals surface area contributed by atoms with Crippen LogP contribution in [0.4, 0.5) is 11.4 Å². The first-order valence-corrected chi connectivity index (χ1v) is 11.4. The predicted octanol–water partition coefficient (Wildman–Crippen LogP) is 4.24. The van der Waals surface area contributed by atoms with Crippen molar-refractivity contribution < 1.29 is 14.5 Å². The summed E-state index contributed by atoms with van der Waals surface area (Å²) in [5.41, 5.74) is -0.157. The number of nitro groups is 1. The molecule has 0 saturated heterocycles. The van der Waals surface area contributed by atoms with Crippen LogP contribution >= 0.6 is 23.1 Å². The normalized spacial score (nSPS) is 11.8. The highest BCUT2D eigenvalue weighted by Crippen LogP contribution is 2.31. The Morgan fingerprint density at radius 3 is 2.84 bits per heavy atom. The van der Waals surface area contributed by atoms with E-state index in [1.807, 2.05) is 13.0 Å². The van der Waals surface area contributed by atoms with Crippen LogP contribution in [0.3, 0.4) is 0 Å². The van der Waals surface area contributed by atoms with Gasteiger partial charge in [-0.1, -0.05) is 24.8 Å². The van der Waals surface area contributed by atoms with Crippen molar-refractivity contribution in [2.24, 2.45) is 0 Å². The lowest BCUT2D eigenvalue weighted by Crippen LogP contribution is -2.26. The van der Waals surface area contributed by atoms with Crippen LogP contribution in [-0.2, 0) is 17.8 Å². The van der Waals surface area contributed by atoms with Crippen LogP contribution in [-0.4, -0.2) is 32.7 Å². The van der Waals surface area contributed by atoms with Gasteiger partial charge in [-0.05, 0) is 25.5 Å². The molecule has 0 bridgehead atoms. The minimum Gasteiger partial charge on any atom is -0.495 e. The number of methoxy groups -OCH3 is 1. The Balaban J connectivity index is 1.90. The minimum absolute atomic E-state index is 0.169. The van der Waals surface area contributed by atoms with E-state index in [2.05, 4.69) is 16.9 Å². The van der Waals surface area contributed by atoms with Crippen molar-refractivity contribution in [1.29, 1.82) is 0 Å². The second-order valence-corrected chi connectivity index (χ2v) is 9.20. The summed E-state index contributed by atoms with van der Waals surface area (Å²) in [6.45, 7) is 7.65. The van der Waals surface area contributed by atoms with E-state index in [0.29, 0.717) is 21.1 Å². The molecule has 1 amide bonds. The van der Waals surface area contributed by atoms with Crippen molar-refractivity contribution in [1.82, 2.24) is 9.55 Å². The van der Waals surface area contributed by atoms with Crippen LogP contribution in [0.5, 0.6) is 5.75 Å². The standard InChI is InChI=1S/C21H22N4O5S2/c1-5-9-24-20(27)15-11-14(6-2)32-19(15)23-21(24)31-12(3)18(26)22-16-10-13(25(28)29)7-8-17(16)30-4/h5,7-8,10-12H,1,6,9H2,2-4H3,(H,22,26). The molecule has 0 radical (unpaired) electrons. The summed E-state index contributed by atoms with van der Waals surface area (Å²) >= 11 is 2.59. The molecule has 1 aromatic carbocycles. The SMILES string of the molecule is C=CCn1c(SC(C)C(=O)Nc2cc([N+](=O)[O-])ccc2OC)nc2sc(CC)cc2c1=O. The van der Waals surface area contributed by atoms with Gasteiger partial charge in [-0.3, -0.25) is 24.3 Å². The van der Waals surface area contributed by atoms with Gasteiger partial charge < -0.3 is 10.1 Å². The van der Waals surface area contributed by atoms with Crippen LogP contribution in [0.1, 0.15) is 18.7 Å². The number of ether oxygens (including phenoxy) is 1. The molecular weight excluding hydrogens is 452 g/mol. The molecular formula is C21H22N4O5S2. The lowest BCUT2D eigenvalue weighted by atomic mass is 10.2. The Labute approximate surface area is 192 Å². The van der Waals surface area contributed by atoms with Crippen molar-refractivity contribution in [2.45, 2.75) is 37.2 Å². The molecule has 0 saturated carbocycles. The van der Waals surface area contributed by atoms with Gasteiger partial charge in [0, 0.05) is 23.6 Å². The molecule has 0 spiro atoms. The number of thioether (sulfide) groups is 1. The number of nitrogens with one attached hydrogen (secondary N) is 1. The van der Waals surface area contributed by atoms with Crippen LogP contribution in [0, 0.1) is 10.1 Å². The first-order chi connectivity index (χ1) is 15.3. The van der Waals surface area contributed by atoms with E-state index in [-0.39, 0.29) is 23.5 Å². The number of hydrogen-bond donors (Lipinski definition) is 1. The molecule has 3 aromatic rings. The molecule has 2 heterocycles. The lowest BCUT2D eigenvalue weighted by Gasteiger charge is -2.16. The number of fused-ring (bicyclic) bond motifs is 1. The van der Waals surface area contributed by atoms with Gasteiger partial charge in [-0.15, -0.1) is 17.9 Å². The third-order valence-electron chi connectivity index (χ3n) is 4.63. The van der Waals surface area contributed by atoms with Gasteiger partial charge >= 0.3 is 0 Å². The fourth-order valence-electron chi connectivity index (χ4n) is 2.95. The molecule has 3 rings (SSSR count). The average Bonchev–Trinajstić information content (AvgIpc) is 3.19. The van der Waals surface area contributed by atoms with Crippen molar-refractivity contribution in [3.63, 3.8) is 0 Å². The number of anilines is 1. The largest absolute Gasteiger partial charge is 0.495 e. The summed E-state index contributed by atoms with van der Waals surface area (Å²) in [5.74, 6) is -0.108. The van der Waals surface area contributed by atoms with E-state index in [1.54, 1.807) is 13.0 Å². The van der Waals surface area contributed by atoms with Crippen LogP contribution in [0.2, 0.25) is 0 Å². The summed E-state index contributed by atoms with van der Waals surface area (Å²) < 4.78 is 6.69. The van der Waals surface area contributed by atoms with E-state index in [0.717, 1.165) is 23.1 Å². The lowest BCUT2D eigenvalue weighted by molar-refractivity contribution is -0.384. The van der Waals surface area contributed by atoms with Gasteiger partial charge in [0.05, 0.1) is 28.4 Å². The predicted molar refractivity (Wildman–Crippen MR) is 127 cm³/mol. The Kier molecular flexibility index (Phi) is 7.31. The number of aromatic nitrogens is 2. The zero-order chi connectivity index (χ0) is 23.4. The fourth-order valence-corrected chi connectivity index (χ4v) is 4.88. The first-order valence-electron chi connectivity index (χ1n) is 9.73. The Morgan fingerprint density at radius 2 is 2.22 bits per heavy atom. The number of nitrogens with zero attached hydrogens (tertiary/aromatic N) is 3. The van der Waals surface area contributed by atoms with E-state index in [9.17, 15) is 19.7 Å². The summed E-state index contributed by atoms with van der Waals surface area (Å²) in [5, 5.41) is 14.1. The van der Waals surface area contributed by atoms with Gasteiger partial charge in [0.15, 0.2) is 5.16 Å². The number of non-ortho nitro benzene ring substituents is 1. The van der Waals surface area contributed by atoms with E-state index < -0.39 is 16.1 Å². The molecule has 1 N–H and O–H groups in total. The van der Waals surface area contributed by atoms with Crippen LogP contribution in [0.25, 0.3) is 10.2 Å². The van der Waals surface area contributed by atoms with Gasteiger partial charge in [-0.2, -0.15) is 0 Å². The molecule has 1 atom stereocenters. The Hall–Kier alpha value is -3.18. The van der Waals surface area contributed by atoms with E-state index in [1.165, 1.54) is 41.2 Å². The Bertz CT molecular complexity index is 1250. The van der Waals surface area contributed by atoms with Gasteiger partial charge in [0.2, 0.25) is 5.91 Å². The highest BCUT2D eigenvalue weighted by molar-refractivity contribution is 8.00. The van der Waals surface area contributed by atoms with E-state index >= 15 is 0 Å². The Morgan fingerprint density at radius 1 is 1.47 bits per heavy atom. The van der Waals surface area contributed by atoms with Gasteiger partial charge in [0.1, 0.15) is 10.6 Å². The first kappa shape index (κ1) is 23.5. The third-order valence-corrected chi connectivity index (χ3v) is 6.89. The van der Waals surface area contributed by atoms with Crippen molar-refractivity contribution >= 4 is 50.6 Å². The molecule has 32 heavy (non-hydrogen) atoms. The zero-order valence-corrected chi connectivity index (χ0v) is 19.4. The second-order valence-electron chi connectivity index (χ2n) is 6.77. The average molecular weight is 475 g/mol. The monoisotopic (exact) mass is 474 g/mol. The van der Waals surface area contributed by atoms with Crippen molar-refractivity contribution in [3.05, 3.63) is 62.3 Å². The van der Waals surface area contributed by atoms with Gasteiger partial charge in [-0.25, -0.2) is 4.98 Å². The summed E-state index contributed by atoms with van der Waals surface area (Å²) in [4.78, 5) is 42.7. The molecule has 0 aliphatic heterocycles. The molecule has 2 aromatic heterocycles. The number of allylic oxidation sites excluding steroid dienone is 1. The second kappa shape index (κ2) is 9.96. The molecule has 0 aliphatic carbocycles. The molecule has 1 unspecified atom stereocenters. The van der Waals surface area contributed by atoms with Crippen LogP contribution in [0.15, 0.2) is 46.9 Å². The summed E-state index contributed by atoms with van der Waals surface area (Å²) in [7, 11) is 1.41. The maximum atomic E-state index is 13.0. The summed E-state index contributed by atoms with van der Waals surface area (Å²) in [6.07, 6.45) is 2.40. The minimum atomic E-state index is -0.648. The molecule has 168 valence electrons. The van der Waals surface area contributed by atoms with E-state index in [4.69, 9.17) is 4.74 Å². The number of benzene rings is 1. The van der Waals surface area contributed by atoms with Gasteiger partial charge in [0.25, 0.3) is 11.2 Å². The number of amides is 1. The quantitative estimate of drug-likeness (QED) is 0.162. The molecule has 11 heteroatoms. The highest BCUT2D eigenvalue weighted by Gasteiger charge is 2.22. The van der Waals surface area contributed by atoms with Crippen LogP contribution < -0.4 is 15.6 Å². The fraction of sp³-hybridized carbons (Fsp3) is 0.286. The molecule has 0 aliphatic rings. The zero-order valence-electron chi connectivity index (χ0n) is 17.8. The number of carbonyl (C=O) groups excluding carboxylic acids is 1. The molecule has 9 nitrogen and oxygen atoms in total. The third kappa shape index (κ3) is 4.83. The topological polar surface area (TPSA) is 116 Å². The number of aryl methyl sites for hydroxylation is 1. The number of hydrogen-bond acceptors (Lipinski definition) is 8. The smallest absolute Gasteiger partial charge is 0.271 e. The highest BCUT2D eigenvalue weighted by atomic mass is 32.2.